The molecule has 24 heavy (non-hydrogen) atoms. The Kier molecular flexibility index (Phi) is 6.54. The lowest BCUT2D eigenvalue weighted by molar-refractivity contribution is -0.123. The Balaban J connectivity index is 3.32. The predicted octanol–water partition coefficient (Wildman–Crippen LogP) is 3.78. The molecule has 0 aliphatic carbocycles. The molecule has 0 spiro atoms. The van der Waals surface area contributed by atoms with E-state index < -0.39 is 17.4 Å². The SMILES string of the molecule is CCOC(=O)c1c(NC(=O)C(C)(C)C)sc(C(=O)OC(C)C)c1C. The standard InChI is InChI=1S/C17H25NO5S/c1-8-22-14(19)11-10(4)12(15(20)23-9(2)3)24-13(11)18-16(21)17(5,6)7/h9H,8H2,1-7H3,(H,18,21). The molecule has 1 aromatic heterocycles. The molecule has 0 radical (unpaired) electrons. The summed E-state index contributed by atoms with van der Waals surface area (Å²) < 4.78 is 10.3. The van der Waals surface area contributed by atoms with E-state index in [0.717, 1.165) is 11.3 Å². The number of hydrogen-bond acceptors (Lipinski definition) is 6. The third-order valence-electron chi connectivity index (χ3n) is 3.06. The van der Waals surface area contributed by atoms with Crippen LogP contribution >= 0.6 is 11.3 Å². The van der Waals surface area contributed by atoms with Crippen LogP contribution in [0.15, 0.2) is 0 Å². The predicted molar refractivity (Wildman–Crippen MR) is 93.6 cm³/mol. The highest BCUT2D eigenvalue weighted by Gasteiger charge is 2.30. The smallest absolute Gasteiger partial charge is 0.348 e. The molecule has 0 bridgehead atoms. The van der Waals surface area contributed by atoms with Gasteiger partial charge in [0.15, 0.2) is 0 Å². The van der Waals surface area contributed by atoms with Crippen molar-refractivity contribution in [1.29, 1.82) is 0 Å². The molecule has 0 saturated heterocycles. The maximum absolute atomic E-state index is 12.3. The second-order valence-electron chi connectivity index (χ2n) is 6.64. The molecule has 0 unspecified atom stereocenters. The van der Waals surface area contributed by atoms with E-state index in [0.29, 0.717) is 10.6 Å². The van der Waals surface area contributed by atoms with Crippen molar-refractivity contribution < 1.29 is 23.9 Å². The fourth-order valence-corrected chi connectivity index (χ4v) is 2.88. The zero-order chi connectivity index (χ0) is 18.7. The normalized spacial score (nSPS) is 11.3. The summed E-state index contributed by atoms with van der Waals surface area (Å²) >= 11 is 1.03. The van der Waals surface area contributed by atoms with Gasteiger partial charge in [0.25, 0.3) is 0 Å². The van der Waals surface area contributed by atoms with Crippen LogP contribution in [0.2, 0.25) is 0 Å². The minimum Gasteiger partial charge on any atom is -0.462 e. The third kappa shape index (κ3) is 4.80. The van der Waals surface area contributed by atoms with Gasteiger partial charge in [-0.2, -0.15) is 0 Å². The van der Waals surface area contributed by atoms with Crippen LogP contribution in [-0.4, -0.2) is 30.6 Å². The van der Waals surface area contributed by atoms with Gasteiger partial charge in [-0.3, -0.25) is 4.79 Å². The van der Waals surface area contributed by atoms with Crippen molar-refractivity contribution in [3.63, 3.8) is 0 Å². The zero-order valence-electron chi connectivity index (χ0n) is 15.2. The molecule has 1 aromatic rings. The van der Waals surface area contributed by atoms with Crippen molar-refractivity contribution in [2.24, 2.45) is 5.41 Å². The summed E-state index contributed by atoms with van der Waals surface area (Å²) in [5.41, 5.74) is 0.0195. The number of carbonyl (C=O) groups excluding carboxylic acids is 3. The molecule has 0 aliphatic heterocycles. The van der Waals surface area contributed by atoms with E-state index >= 15 is 0 Å². The highest BCUT2D eigenvalue weighted by atomic mass is 32.1. The van der Waals surface area contributed by atoms with Gasteiger partial charge in [-0.05, 0) is 33.3 Å². The number of thiophene rings is 1. The Morgan fingerprint density at radius 3 is 2.21 bits per heavy atom. The fraction of sp³-hybridized carbons (Fsp3) is 0.588. The lowest BCUT2D eigenvalue weighted by Crippen LogP contribution is -2.28. The minimum atomic E-state index is -0.636. The average molecular weight is 355 g/mol. The Hall–Kier alpha value is -1.89. The van der Waals surface area contributed by atoms with Gasteiger partial charge >= 0.3 is 11.9 Å². The number of ether oxygens (including phenoxy) is 2. The van der Waals surface area contributed by atoms with Crippen LogP contribution in [0.5, 0.6) is 0 Å². The molecule has 0 fully saturated rings. The summed E-state index contributed by atoms with van der Waals surface area (Å²) in [5.74, 6) is -1.34. The monoisotopic (exact) mass is 355 g/mol. The molecule has 1 rings (SSSR count). The topological polar surface area (TPSA) is 81.7 Å². The van der Waals surface area contributed by atoms with E-state index in [-0.39, 0.29) is 29.1 Å². The lowest BCUT2D eigenvalue weighted by atomic mass is 9.96. The molecule has 0 aromatic carbocycles. The zero-order valence-corrected chi connectivity index (χ0v) is 16.1. The first kappa shape index (κ1) is 20.2. The first-order valence-electron chi connectivity index (χ1n) is 7.82. The second kappa shape index (κ2) is 7.79. The summed E-state index contributed by atoms with van der Waals surface area (Å²) in [6, 6.07) is 0. The van der Waals surface area contributed by atoms with Gasteiger partial charge in [0.1, 0.15) is 9.88 Å². The van der Waals surface area contributed by atoms with Crippen LogP contribution in [0.3, 0.4) is 0 Å². The molecule has 134 valence electrons. The number of nitrogens with one attached hydrogen (secondary N) is 1. The Bertz CT molecular complexity index is 640. The maximum atomic E-state index is 12.3. The fourth-order valence-electron chi connectivity index (χ4n) is 1.80. The van der Waals surface area contributed by atoms with Crippen LogP contribution in [0.25, 0.3) is 0 Å². The molecule has 1 heterocycles. The van der Waals surface area contributed by atoms with Gasteiger partial charge in [0, 0.05) is 5.41 Å². The molecule has 6 nitrogen and oxygen atoms in total. The Labute approximate surface area is 146 Å². The van der Waals surface area contributed by atoms with Crippen LogP contribution in [0, 0.1) is 12.3 Å². The summed E-state index contributed by atoms with van der Waals surface area (Å²) in [5, 5.41) is 3.04. The van der Waals surface area contributed by atoms with Crippen molar-refractivity contribution in [2.45, 2.75) is 54.6 Å². The van der Waals surface area contributed by atoms with Gasteiger partial charge in [-0.25, -0.2) is 9.59 Å². The van der Waals surface area contributed by atoms with E-state index in [1.165, 1.54) is 0 Å². The third-order valence-corrected chi connectivity index (χ3v) is 4.25. The summed E-state index contributed by atoms with van der Waals surface area (Å²) in [6.45, 7) is 12.3. The van der Waals surface area contributed by atoms with Gasteiger partial charge in [-0.15, -0.1) is 11.3 Å². The van der Waals surface area contributed by atoms with E-state index in [2.05, 4.69) is 5.32 Å². The summed E-state index contributed by atoms with van der Waals surface area (Å²) in [6.07, 6.45) is -0.280. The van der Waals surface area contributed by atoms with Crippen LogP contribution in [0.1, 0.15) is 67.1 Å². The lowest BCUT2D eigenvalue weighted by Gasteiger charge is -2.17. The van der Waals surface area contributed by atoms with Crippen LogP contribution in [0.4, 0.5) is 5.00 Å². The molecule has 1 N–H and O–H groups in total. The molecule has 1 amide bonds. The van der Waals surface area contributed by atoms with Gasteiger partial charge in [-0.1, -0.05) is 20.8 Å². The van der Waals surface area contributed by atoms with Crippen molar-refractivity contribution >= 4 is 34.2 Å². The number of esters is 2. The first-order chi connectivity index (χ1) is 11.0. The van der Waals surface area contributed by atoms with Crippen molar-refractivity contribution in [1.82, 2.24) is 0 Å². The van der Waals surface area contributed by atoms with E-state index in [1.54, 1.807) is 48.5 Å². The highest BCUT2D eigenvalue weighted by molar-refractivity contribution is 7.18. The number of rotatable bonds is 5. The molecular formula is C17H25NO5S. The molecule has 0 atom stereocenters. The number of amides is 1. The Morgan fingerprint density at radius 2 is 1.75 bits per heavy atom. The first-order valence-corrected chi connectivity index (χ1v) is 8.63. The summed E-state index contributed by atoms with van der Waals surface area (Å²) in [7, 11) is 0. The van der Waals surface area contributed by atoms with Gasteiger partial charge < -0.3 is 14.8 Å². The van der Waals surface area contributed by atoms with Crippen LogP contribution < -0.4 is 5.32 Å². The van der Waals surface area contributed by atoms with Crippen molar-refractivity contribution in [3.05, 3.63) is 16.0 Å². The maximum Gasteiger partial charge on any atom is 0.348 e. The average Bonchev–Trinajstić information content (AvgIpc) is 2.74. The number of carbonyl (C=O) groups is 3. The van der Waals surface area contributed by atoms with Crippen LogP contribution in [-0.2, 0) is 14.3 Å². The van der Waals surface area contributed by atoms with Gasteiger partial charge in [0.2, 0.25) is 5.91 Å². The number of anilines is 1. The minimum absolute atomic E-state index is 0.201. The summed E-state index contributed by atoms with van der Waals surface area (Å²) in [4.78, 5) is 37.0. The highest BCUT2D eigenvalue weighted by Crippen LogP contribution is 2.35. The largest absolute Gasteiger partial charge is 0.462 e. The molecule has 7 heteroatoms. The van der Waals surface area contributed by atoms with Gasteiger partial charge in [0.05, 0.1) is 18.3 Å². The molecule has 0 saturated carbocycles. The van der Waals surface area contributed by atoms with Crippen molar-refractivity contribution in [2.75, 3.05) is 11.9 Å². The quantitative estimate of drug-likeness (QED) is 0.813. The van der Waals surface area contributed by atoms with Crippen molar-refractivity contribution in [3.8, 4) is 0 Å². The molecular weight excluding hydrogens is 330 g/mol. The Morgan fingerprint density at radius 1 is 1.17 bits per heavy atom. The molecule has 0 aliphatic rings. The number of hydrogen-bond donors (Lipinski definition) is 1. The second-order valence-corrected chi connectivity index (χ2v) is 7.66. The van der Waals surface area contributed by atoms with E-state index in [1.807, 2.05) is 0 Å². The van der Waals surface area contributed by atoms with E-state index in [9.17, 15) is 14.4 Å². The van der Waals surface area contributed by atoms with E-state index in [4.69, 9.17) is 9.47 Å².